The van der Waals surface area contributed by atoms with Crippen molar-refractivity contribution >= 4 is 23.5 Å². The molecule has 1 heterocycles. The lowest BCUT2D eigenvalue weighted by atomic mass is 10.0. The van der Waals surface area contributed by atoms with Gasteiger partial charge >= 0.3 is 5.97 Å². The average Bonchev–Trinajstić information content (AvgIpc) is 2.68. The van der Waals surface area contributed by atoms with E-state index in [4.69, 9.17) is 16.7 Å². The van der Waals surface area contributed by atoms with Crippen molar-refractivity contribution in [2.24, 2.45) is 0 Å². The second-order valence-corrected chi connectivity index (χ2v) is 6.47. The van der Waals surface area contributed by atoms with E-state index in [9.17, 15) is 14.0 Å². The highest BCUT2D eigenvalue weighted by Gasteiger charge is 2.20. The first-order valence-corrected chi connectivity index (χ1v) is 8.82. The number of aliphatic carboxylic acids is 1. The lowest BCUT2D eigenvalue weighted by Crippen LogP contribution is -2.30. The maximum absolute atomic E-state index is 13.2. The minimum atomic E-state index is -1.09. The van der Waals surface area contributed by atoms with E-state index in [1.165, 1.54) is 30.3 Å². The Bertz CT molecular complexity index is 1010. The third kappa shape index (κ3) is 4.72. The summed E-state index contributed by atoms with van der Waals surface area (Å²) in [5.74, 6) is -2.07. The summed E-state index contributed by atoms with van der Waals surface area (Å²) in [4.78, 5) is 28.2. The molecule has 0 spiro atoms. The Morgan fingerprint density at radius 1 is 1.04 bits per heavy atom. The lowest BCUT2D eigenvalue weighted by Gasteiger charge is -2.17. The molecule has 7 heteroatoms. The van der Waals surface area contributed by atoms with Crippen LogP contribution in [0.1, 0.15) is 28.5 Å². The van der Waals surface area contributed by atoms with Gasteiger partial charge in [0.25, 0.3) is 5.91 Å². The number of rotatable bonds is 6. The van der Waals surface area contributed by atoms with Crippen LogP contribution in [0.5, 0.6) is 0 Å². The largest absolute Gasteiger partial charge is 0.481 e. The first-order valence-electron chi connectivity index (χ1n) is 8.44. The summed E-state index contributed by atoms with van der Waals surface area (Å²) in [5.41, 5.74) is 1.81. The molecule has 2 N–H and O–H groups in total. The van der Waals surface area contributed by atoms with Crippen LogP contribution in [-0.2, 0) is 4.79 Å². The zero-order valence-electron chi connectivity index (χ0n) is 14.6. The maximum Gasteiger partial charge on any atom is 0.305 e. The summed E-state index contributed by atoms with van der Waals surface area (Å²) in [6, 6.07) is 16.5. The molecule has 0 aliphatic carbocycles. The second kappa shape index (κ2) is 8.63. The quantitative estimate of drug-likeness (QED) is 0.641. The Labute approximate surface area is 165 Å². The molecule has 5 nitrogen and oxygen atoms in total. The fraction of sp³-hybridized carbons (Fsp3) is 0.0952. The second-order valence-electron chi connectivity index (χ2n) is 6.06. The molecular formula is C21H16ClFN2O3. The Morgan fingerprint density at radius 3 is 2.43 bits per heavy atom. The van der Waals surface area contributed by atoms with Crippen molar-refractivity contribution in [2.45, 2.75) is 12.5 Å². The number of carboxylic acids is 1. The molecule has 28 heavy (non-hydrogen) atoms. The molecule has 3 rings (SSSR count). The third-order valence-corrected chi connectivity index (χ3v) is 4.42. The Morgan fingerprint density at radius 2 is 1.75 bits per heavy atom. The summed E-state index contributed by atoms with van der Waals surface area (Å²) in [5, 5.41) is 12.3. The van der Waals surface area contributed by atoms with Gasteiger partial charge in [-0.1, -0.05) is 48.0 Å². The fourth-order valence-corrected chi connectivity index (χ4v) is 2.97. The number of carbonyl (C=O) groups excluding carboxylic acids is 1. The third-order valence-electron chi connectivity index (χ3n) is 4.09. The molecule has 1 amide bonds. The zero-order chi connectivity index (χ0) is 20.1. The van der Waals surface area contributed by atoms with Gasteiger partial charge in [-0.15, -0.1) is 0 Å². The van der Waals surface area contributed by atoms with E-state index >= 15 is 0 Å². The number of nitrogens with one attached hydrogen (secondary N) is 1. The number of carbonyl (C=O) groups is 2. The van der Waals surface area contributed by atoms with Gasteiger partial charge in [-0.2, -0.15) is 0 Å². The number of hydrogen-bond donors (Lipinski definition) is 2. The van der Waals surface area contributed by atoms with Crippen LogP contribution >= 0.6 is 11.6 Å². The standard InChI is InChI=1S/C21H16ClFN2O3/c22-16-5-2-1-4-15(16)17-6-3-7-18(24-17)21(28)25-19(12-20(26)27)13-8-10-14(23)11-9-13/h1-11,19H,12H2,(H,25,28)(H,26,27)/t19-/m0/s1. The Balaban J connectivity index is 1.86. The molecule has 142 valence electrons. The van der Waals surface area contributed by atoms with Crippen molar-refractivity contribution in [3.63, 3.8) is 0 Å². The normalized spacial score (nSPS) is 11.6. The summed E-state index contributed by atoms with van der Waals surface area (Å²) < 4.78 is 13.2. The molecule has 1 aromatic heterocycles. The number of benzene rings is 2. The van der Waals surface area contributed by atoms with E-state index in [1.54, 1.807) is 30.3 Å². The van der Waals surface area contributed by atoms with Gasteiger partial charge in [0.1, 0.15) is 11.5 Å². The molecule has 0 aliphatic heterocycles. The lowest BCUT2D eigenvalue weighted by molar-refractivity contribution is -0.137. The van der Waals surface area contributed by atoms with E-state index in [-0.39, 0.29) is 12.1 Å². The van der Waals surface area contributed by atoms with Crippen molar-refractivity contribution < 1.29 is 19.1 Å². The van der Waals surface area contributed by atoms with Crippen molar-refractivity contribution in [3.8, 4) is 11.3 Å². The number of halogens is 2. The molecule has 0 fully saturated rings. The maximum atomic E-state index is 13.2. The van der Waals surface area contributed by atoms with Crippen molar-refractivity contribution in [3.05, 3.63) is 88.8 Å². The van der Waals surface area contributed by atoms with Crippen LogP contribution in [0, 0.1) is 5.82 Å². The molecule has 3 aromatic rings. The van der Waals surface area contributed by atoms with Crippen LogP contribution in [0.25, 0.3) is 11.3 Å². The number of carboxylic acid groups (broad SMARTS) is 1. The van der Waals surface area contributed by atoms with Crippen LogP contribution in [0.2, 0.25) is 5.02 Å². The van der Waals surface area contributed by atoms with Crippen molar-refractivity contribution in [2.75, 3.05) is 0 Å². The predicted octanol–water partition coefficient (Wildman–Crippen LogP) is 4.49. The zero-order valence-corrected chi connectivity index (χ0v) is 15.4. The molecule has 0 bridgehead atoms. The fourth-order valence-electron chi connectivity index (χ4n) is 2.73. The monoisotopic (exact) mass is 398 g/mol. The molecule has 0 radical (unpaired) electrons. The number of aromatic nitrogens is 1. The van der Waals surface area contributed by atoms with Gasteiger partial charge in [-0.25, -0.2) is 9.37 Å². The topological polar surface area (TPSA) is 79.3 Å². The van der Waals surface area contributed by atoms with Crippen LogP contribution in [0.15, 0.2) is 66.7 Å². The molecular weight excluding hydrogens is 383 g/mol. The number of hydrogen-bond acceptors (Lipinski definition) is 3. The van der Waals surface area contributed by atoms with E-state index in [1.807, 2.05) is 6.07 Å². The number of amides is 1. The summed E-state index contributed by atoms with van der Waals surface area (Å²) in [6.45, 7) is 0. The van der Waals surface area contributed by atoms with E-state index < -0.39 is 23.7 Å². The summed E-state index contributed by atoms with van der Waals surface area (Å²) >= 11 is 6.19. The molecule has 0 saturated heterocycles. The van der Waals surface area contributed by atoms with Crippen molar-refractivity contribution in [1.29, 1.82) is 0 Å². The number of nitrogens with zero attached hydrogens (tertiary/aromatic N) is 1. The van der Waals surface area contributed by atoms with Gasteiger partial charge in [0, 0.05) is 10.6 Å². The first kappa shape index (κ1) is 19.5. The van der Waals surface area contributed by atoms with Gasteiger partial charge in [0.05, 0.1) is 18.2 Å². The van der Waals surface area contributed by atoms with Crippen LogP contribution in [0.3, 0.4) is 0 Å². The van der Waals surface area contributed by atoms with Gasteiger partial charge in [0.2, 0.25) is 0 Å². The van der Waals surface area contributed by atoms with Crippen molar-refractivity contribution in [1.82, 2.24) is 10.3 Å². The van der Waals surface area contributed by atoms with Crippen LogP contribution in [0.4, 0.5) is 4.39 Å². The average molecular weight is 399 g/mol. The predicted molar refractivity (Wildman–Crippen MR) is 104 cm³/mol. The smallest absolute Gasteiger partial charge is 0.305 e. The van der Waals surface area contributed by atoms with Crippen LogP contribution in [-0.4, -0.2) is 22.0 Å². The van der Waals surface area contributed by atoms with E-state index in [2.05, 4.69) is 10.3 Å². The van der Waals surface area contributed by atoms with Crippen LogP contribution < -0.4 is 5.32 Å². The molecule has 2 aromatic carbocycles. The summed E-state index contributed by atoms with van der Waals surface area (Å²) in [7, 11) is 0. The van der Waals surface area contributed by atoms with Gasteiger partial charge in [-0.05, 0) is 35.9 Å². The molecule has 0 unspecified atom stereocenters. The highest BCUT2D eigenvalue weighted by atomic mass is 35.5. The van der Waals surface area contributed by atoms with Gasteiger partial charge < -0.3 is 10.4 Å². The summed E-state index contributed by atoms with van der Waals surface area (Å²) in [6.07, 6.45) is -0.346. The van der Waals surface area contributed by atoms with Gasteiger partial charge in [-0.3, -0.25) is 9.59 Å². The Kier molecular flexibility index (Phi) is 6.01. The van der Waals surface area contributed by atoms with Gasteiger partial charge in [0.15, 0.2) is 0 Å². The minimum absolute atomic E-state index is 0.120. The molecule has 0 aliphatic rings. The Hall–Kier alpha value is -3.25. The highest BCUT2D eigenvalue weighted by molar-refractivity contribution is 6.33. The van der Waals surface area contributed by atoms with E-state index in [0.29, 0.717) is 21.8 Å². The SMILES string of the molecule is O=C(O)C[C@H](NC(=O)c1cccc(-c2ccccc2Cl)n1)c1ccc(F)cc1. The minimum Gasteiger partial charge on any atom is -0.481 e. The molecule has 1 atom stereocenters. The highest BCUT2D eigenvalue weighted by Crippen LogP contribution is 2.26. The first-order chi connectivity index (χ1) is 13.4. The number of pyridine rings is 1. The molecule has 0 saturated carbocycles. The van der Waals surface area contributed by atoms with E-state index in [0.717, 1.165) is 0 Å².